The van der Waals surface area contributed by atoms with Crippen LogP contribution in [0.25, 0.3) is 0 Å². The molecule has 20 heavy (non-hydrogen) atoms. The lowest BCUT2D eigenvalue weighted by Crippen LogP contribution is -2.16. The average Bonchev–Trinajstić information content (AvgIpc) is 3.26. The van der Waals surface area contributed by atoms with E-state index in [0.29, 0.717) is 31.4 Å². The third kappa shape index (κ3) is 4.25. The van der Waals surface area contributed by atoms with Gasteiger partial charge in [-0.1, -0.05) is 0 Å². The predicted molar refractivity (Wildman–Crippen MR) is 76.5 cm³/mol. The molecule has 0 saturated heterocycles. The van der Waals surface area contributed by atoms with Crippen LogP contribution in [0.3, 0.4) is 0 Å². The number of nitrogens with one attached hydrogen (secondary N) is 1. The summed E-state index contributed by atoms with van der Waals surface area (Å²) in [7, 11) is 0. The summed E-state index contributed by atoms with van der Waals surface area (Å²) in [5.41, 5.74) is 0.917. The summed E-state index contributed by atoms with van der Waals surface area (Å²) < 4.78 is 5.67. The van der Waals surface area contributed by atoms with E-state index in [1.807, 2.05) is 0 Å². The Labute approximate surface area is 118 Å². The Morgan fingerprint density at radius 2 is 2.30 bits per heavy atom. The maximum Gasteiger partial charge on any atom is 0.270 e. The largest absolute Gasteiger partial charge is 0.493 e. The van der Waals surface area contributed by atoms with Crippen LogP contribution in [0, 0.1) is 22.5 Å². The molecule has 5 heteroatoms. The zero-order valence-corrected chi connectivity index (χ0v) is 11.3. The molecular formula is C15H18N2O3. The fourth-order valence-corrected chi connectivity index (χ4v) is 1.86. The van der Waals surface area contributed by atoms with Crippen molar-refractivity contribution in [3.63, 3.8) is 0 Å². The molecule has 0 bridgehead atoms. The van der Waals surface area contributed by atoms with Gasteiger partial charge in [0.15, 0.2) is 0 Å². The lowest BCUT2D eigenvalue weighted by atomic mass is 10.1. The number of nitrogens with zero attached hydrogens (tertiary/aromatic N) is 1. The Bertz CT molecular complexity index is 518. The van der Waals surface area contributed by atoms with Crippen LogP contribution in [0.1, 0.15) is 31.2 Å². The van der Waals surface area contributed by atoms with Crippen LogP contribution in [0.2, 0.25) is 0 Å². The van der Waals surface area contributed by atoms with Crippen LogP contribution in [-0.2, 0) is 6.54 Å². The highest BCUT2D eigenvalue weighted by atomic mass is 16.6. The Balaban J connectivity index is 2.02. The summed E-state index contributed by atoms with van der Waals surface area (Å²) in [6, 6.07) is 5.25. The number of terminal acetylenes is 1. The van der Waals surface area contributed by atoms with Crippen molar-refractivity contribution >= 4 is 5.69 Å². The standard InChI is InChI=1S/C15H18N2O3/c1-2-3-4-9-20-15-8-7-14(17(18)19)10-12(15)11-16-13-5-6-13/h1,7-8,10,13,16H,3-6,9,11H2. The van der Waals surface area contributed by atoms with Crippen LogP contribution in [0.5, 0.6) is 5.75 Å². The van der Waals surface area contributed by atoms with E-state index < -0.39 is 0 Å². The van der Waals surface area contributed by atoms with Gasteiger partial charge >= 0.3 is 0 Å². The fourth-order valence-electron chi connectivity index (χ4n) is 1.86. The first-order valence-electron chi connectivity index (χ1n) is 6.77. The van der Waals surface area contributed by atoms with E-state index in [1.165, 1.54) is 18.9 Å². The van der Waals surface area contributed by atoms with E-state index in [4.69, 9.17) is 11.2 Å². The van der Waals surface area contributed by atoms with Crippen LogP contribution in [0.15, 0.2) is 18.2 Å². The molecule has 0 aromatic heterocycles. The first-order chi connectivity index (χ1) is 9.70. The third-order valence-electron chi connectivity index (χ3n) is 3.14. The van der Waals surface area contributed by atoms with Crippen molar-refractivity contribution in [1.29, 1.82) is 0 Å². The highest BCUT2D eigenvalue weighted by Crippen LogP contribution is 2.26. The summed E-state index contributed by atoms with van der Waals surface area (Å²) in [6.07, 6.45) is 8.99. The Kier molecular flexibility index (Phi) is 4.97. The maximum atomic E-state index is 10.8. The summed E-state index contributed by atoms with van der Waals surface area (Å²) in [5, 5.41) is 14.2. The fraction of sp³-hybridized carbons (Fsp3) is 0.467. The van der Waals surface area contributed by atoms with Crippen LogP contribution in [-0.4, -0.2) is 17.6 Å². The molecule has 0 amide bonds. The van der Waals surface area contributed by atoms with Crippen LogP contribution in [0.4, 0.5) is 5.69 Å². The van der Waals surface area contributed by atoms with Gasteiger partial charge in [-0.2, -0.15) is 0 Å². The lowest BCUT2D eigenvalue weighted by Gasteiger charge is -2.11. The molecule has 106 valence electrons. The van der Waals surface area contributed by atoms with Gasteiger partial charge in [-0.25, -0.2) is 0 Å². The monoisotopic (exact) mass is 274 g/mol. The second-order valence-corrected chi connectivity index (χ2v) is 4.86. The maximum absolute atomic E-state index is 10.8. The number of hydrogen-bond acceptors (Lipinski definition) is 4. The Hall–Kier alpha value is -2.06. The molecule has 0 heterocycles. The number of rotatable bonds is 8. The van der Waals surface area contributed by atoms with Crippen molar-refractivity contribution in [2.75, 3.05) is 6.61 Å². The topological polar surface area (TPSA) is 64.4 Å². The van der Waals surface area contributed by atoms with Crippen molar-refractivity contribution < 1.29 is 9.66 Å². The number of non-ortho nitro benzene ring substituents is 1. The molecule has 5 nitrogen and oxygen atoms in total. The predicted octanol–water partition coefficient (Wildman–Crippen LogP) is 2.64. The van der Waals surface area contributed by atoms with Crippen molar-refractivity contribution in [2.45, 2.75) is 38.3 Å². The minimum Gasteiger partial charge on any atom is -0.493 e. The molecule has 0 unspecified atom stereocenters. The average molecular weight is 274 g/mol. The minimum absolute atomic E-state index is 0.0913. The van der Waals surface area contributed by atoms with E-state index in [-0.39, 0.29) is 10.6 Å². The molecular weight excluding hydrogens is 256 g/mol. The molecule has 0 aliphatic heterocycles. The molecule has 1 aliphatic rings. The van der Waals surface area contributed by atoms with Gasteiger partial charge in [0.1, 0.15) is 5.75 Å². The van der Waals surface area contributed by atoms with Crippen LogP contribution >= 0.6 is 0 Å². The molecule has 1 aromatic rings. The van der Waals surface area contributed by atoms with E-state index in [0.717, 1.165) is 12.0 Å². The highest BCUT2D eigenvalue weighted by Gasteiger charge is 2.21. The molecule has 0 spiro atoms. The molecule has 1 N–H and O–H groups in total. The first kappa shape index (κ1) is 14.4. The van der Waals surface area contributed by atoms with Crippen molar-refractivity contribution in [3.8, 4) is 18.1 Å². The van der Waals surface area contributed by atoms with Gasteiger partial charge < -0.3 is 10.1 Å². The number of benzene rings is 1. The molecule has 1 aliphatic carbocycles. The lowest BCUT2D eigenvalue weighted by molar-refractivity contribution is -0.384. The van der Waals surface area contributed by atoms with Gasteiger partial charge in [-0.15, -0.1) is 12.3 Å². The van der Waals surface area contributed by atoms with Gasteiger partial charge in [0.05, 0.1) is 11.5 Å². The molecule has 1 saturated carbocycles. The number of nitro benzene ring substituents is 1. The normalized spacial score (nSPS) is 13.8. The van der Waals surface area contributed by atoms with Crippen LogP contribution < -0.4 is 10.1 Å². The van der Waals surface area contributed by atoms with Crippen molar-refractivity contribution in [1.82, 2.24) is 5.32 Å². The molecule has 0 radical (unpaired) electrons. The minimum atomic E-state index is -0.386. The number of nitro groups is 1. The van der Waals surface area contributed by atoms with E-state index >= 15 is 0 Å². The van der Waals surface area contributed by atoms with E-state index in [2.05, 4.69) is 11.2 Å². The Morgan fingerprint density at radius 3 is 2.95 bits per heavy atom. The Morgan fingerprint density at radius 1 is 1.50 bits per heavy atom. The molecule has 1 fully saturated rings. The van der Waals surface area contributed by atoms with Gasteiger partial charge in [0.25, 0.3) is 5.69 Å². The van der Waals surface area contributed by atoms with Crippen molar-refractivity contribution in [2.24, 2.45) is 0 Å². The third-order valence-corrected chi connectivity index (χ3v) is 3.14. The summed E-state index contributed by atoms with van der Waals surface area (Å²) >= 11 is 0. The van der Waals surface area contributed by atoms with Gasteiger partial charge in [0, 0.05) is 36.7 Å². The highest BCUT2D eigenvalue weighted by molar-refractivity contribution is 5.43. The first-order valence-corrected chi connectivity index (χ1v) is 6.77. The summed E-state index contributed by atoms with van der Waals surface area (Å²) in [6.45, 7) is 1.12. The smallest absolute Gasteiger partial charge is 0.270 e. The second-order valence-electron chi connectivity index (χ2n) is 4.86. The van der Waals surface area contributed by atoms with Gasteiger partial charge in [-0.05, 0) is 25.3 Å². The summed E-state index contributed by atoms with van der Waals surface area (Å²) in [4.78, 5) is 10.5. The van der Waals surface area contributed by atoms with Gasteiger partial charge in [-0.3, -0.25) is 10.1 Å². The van der Waals surface area contributed by atoms with Crippen molar-refractivity contribution in [3.05, 3.63) is 33.9 Å². The zero-order valence-electron chi connectivity index (χ0n) is 11.3. The molecule has 0 atom stereocenters. The second kappa shape index (κ2) is 6.92. The zero-order chi connectivity index (χ0) is 14.4. The SMILES string of the molecule is C#CCCCOc1ccc([N+](=O)[O-])cc1CNC1CC1. The molecule has 1 aromatic carbocycles. The number of ether oxygens (including phenoxy) is 1. The number of hydrogen-bond donors (Lipinski definition) is 1. The summed E-state index contributed by atoms with van der Waals surface area (Å²) in [5.74, 6) is 3.25. The van der Waals surface area contributed by atoms with E-state index in [1.54, 1.807) is 12.1 Å². The van der Waals surface area contributed by atoms with E-state index in [9.17, 15) is 10.1 Å². The quantitative estimate of drug-likeness (QED) is 0.342. The molecule has 2 rings (SSSR count). The number of unbranched alkanes of at least 4 members (excludes halogenated alkanes) is 1. The van der Waals surface area contributed by atoms with Gasteiger partial charge in [0.2, 0.25) is 0 Å².